The van der Waals surface area contributed by atoms with Gasteiger partial charge in [0.2, 0.25) is 0 Å². The third-order valence-electron chi connectivity index (χ3n) is 12.3. The van der Waals surface area contributed by atoms with E-state index in [1.54, 1.807) is 5.82 Å². The molecular formula is C51H101N2+. The van der Waals surface area contributed by atoms with Crippen molar-refractivity contribution in [3.05, 3.63) is 18.2 Å². The lowest BCUT2D eigenvalue weighted by molar-refractivity contribution is -0.704. The molecule has 2 heteroatoms. The molecule has 0 aromatic carbocycles. The summed E-state index contributed by atoms with van der Waals surface area (Å²) in [5.74, 6) is 1.63. The zero-order valence-corrected chi connectivity index (χ0v) is 37.4. The second kappa shape index (κ2) is 42.4. The van der Waals surface area contributed by atoms with Crippen LogP contribution in [0.3, 0.4) is 0 Å². The van der Waals surface area contributed by atoms with Gasteiger partial charge in [0.15, 0.2) is 0 Å². The lowest BCUT2D eigenvalue weighted by Crippen LogP contribution is -2.37. The van der Waals surface area contributed by atoms with Crippen LogP contribution < -0.4 is 4.57 Å². The Kier molecular flexibility index (Phi) is 40.1. The van der Waals surface area contributed by atoms with Crippen molar-refractivity contribution < 1.29 is 4.57 Å². The summed E-state index contributed by atoms with van der Waals surface area (Å²) in [6.45, 7) is 9.42. The van der Waals surface area contributed by atoms with Gasteiger partial charge in [0, 0.05) is 6.42 Å². The fourth-order valence-corrected chi connectivity index (χ4v) is 8.62. The van der Waals surface area contributed by atoms with E-state index in [-0.39, 0.29) is 0 Å². The number of unbranched alkanes of at least 4 members (excludes halogenated alkanes) is 39. The van der Waals surface area contributed by atoms with Crippen LogP contribution >= 0.6 is 0 Å². The lowest BCUT2D eigenvalue weighted by atomic mass is 10.0. The van der Waals surface area contributed by atoms with Crippen molar-refractivity contribution in [3.8, 4) is 0 Å². The van der Waals surface area contributed by atoms with Crippen molar-refractivity contribution in [2.45, 2.75) is 310 Å². The van der Waals surface area contributed by atoms with Crippen molar-refractivity contribution in [1.82, 2.24) is 4.57 Å². The number of aryl methyl sites for hydroxylation is 2. The van der Waals surface area contributed by atoms with Gasteiger partial charge in [-0.05, 0) is 32.1 Å². The summed E-state index contributed by atoms with van der Waals surface area (Å²) in [6.07, 6.45) is 66.8. The van der Waals surface area contributed by atoms with Crippen molar-refractivity contribution in [3.63, 3.8) is 0 Å². The molecule has 53 heavy (non-hydrogen) atoms. The van der Waals surface area contributed by atoms with Gasteiger partial charge in [-0.15, -0.1) is 0 Å². The van der Waals surface area contributed by atoms with Gasteiger partial charge in [-0.1, -0.05) is 258 Å². The van der Waals surface area contributed by atoms with E-state index in [2.05, 4.69) is 42.3 Å². The average molecular weight is 742 g/mol. The molecule has 0 fully saturated rings. The molecule has 0 amide bonds. The first kappa shape index (κ1) is 50.2. The Balaban J connectivity index is 2.25. The number of hydrogen-bond donors (Lipinski definition) is 0. The maximum Gasteiger partial charge on any atom is 0.256 e. The van der Waals surface area contributed by atoms with E-state index in [0.29, 0.717) is 0 Å². The van der Waals surface area contributed by atoms with Crippen molar-refractivity contribution in [1.29, 1.82) is 0 Å². The molecule has 0 spiro atoms. The largest absolute Gasteiger partial charge is 0.256 e. The van der Waals surface area contributed by atoms with Crippen LogP contribution in [0.25, 0.3) is 0 Å². The second-order valence-corrected chi connectivity index (χ2v) is 17.6. The molecule has 0 N–H and O–H groups in total. The maximum atomic E-state index is 2.66. The van der Waals surface area contributed by atoms with Crippen LogP contribution in [0.15, 0.2) is 12.4 Å². The van der Waals surface area contributed by atoms with Gasteiger partial charge in [-0.2, -0.15) is 0 Å². The number of rotatable bonds is 45. The number of hydrogen-bond acceptors (Lipinski definition) is 0. The number of imidazole rings is 1. The van der Waals surface area contributed by atoms with E-state index in [1.807, 2.05) is 0 Å². The monoisotopic (exact) mass is 742 g/mol. The first-order chi connectivity index (χ1) is 26.3. The molecule has 0 radical (unpaired) electrons. The Morgan fingerprint density at radius 2 is 0.585 bits per heavy atom. The zero-order valence-electron chi connectivity index (χ0n) is 37.4. The number of nitrogens with zero attached hydrogens (tertiary/aromatic N) is 2. The molecule has 0 aliphatic carbocycles. The summed E-state index contributed by atoms with van der Waals surface area (Å²) >= 11 is 0. The molecule has 0 saturated heterocycles. The van der Waals surface area contributed by atoms with E-state index in [4.69, 9.17) is 0 Å². The maximum absolute atomic E-state index is 2.66. The first-order valence-electron chi connectivity index (χ1n) is 25.4. The highest BCUT2D eigenvalue weighted by Crippen LogP contribution is 2.17. The summed E-state index contributed by atoms with van der Waals surface area (Å²) in [4.78, 5) is 0. The Labute approximate surface area is 336 Å². The standard InChI is InChI=1S/C51H101N2/c1-4-7-10-13-16-19-22-25-27-29-32-35-38-41-44-47-52-49-50-53(51(52)46-43-40-37-34-31-24-21-18-15-12-9-6-3)48-45-42-39-36-33-30-28-26-23-20-17-14-11-8-5-2/h49-50H,4-48H2,1-3H3/q+1. The molecule has 0 aliphatic heterocycles. The normalized spacial score (nSPS) is 11.7. The van der Waals surface area contributed by atoms with Gasteiger partial charge >= 0.3 is 0 Å². The third kappa shape index (κ3) is 34.2. The van der Waals surface area contributed by atoms with Gasteiger partial charge in [0.1, 0.15) is 12.4 Å². The van der Waals surface area contributed by atoms with E-state index in [1.165, 1.54) is 289 Å². The molecule has 0 unspecified atom stereocenters. The van der Waals surface area contributed by atoms with Crippen molar-refractivity contribution in [2.75, 3.05) is 0 Å². The Morgan fingerprint density at radius 3 is 0.906 bits per heavy atom. The summed E-state index contributed by atoms with van der Waals surface area (Å²) in [5, 5.41) is 0. The fourth-order valence-electron chi connectivity index (χ4n) is 8.62. The molecule has 0 atom stereocenters. The fraction of sp³-hybridized carbons (Fsp3) is 0.941. The molecular weight excluding hydrogens is 641 g/mol. The van der Waals surface area contributed by atoms with Crippen LogP contribution in [-0.2, 0) is 19.5 Å². The van der Waals surface area contributed by atoms with Gasteiger partial charge in [-0.25, -0.2) is 9.13 Å². The van der Waals surface area contributed by atoms with E-state index < -0.39 is 0 Å². The molecule has 1 aromatic heterocycles. The second-order valence-electron chi connectivity index (χ2n) is 17.6. The van der Waals surface area contributed by atoms with E-state index in [0.717, 1.165) is 0 Å². The molecule has 1 aromatic rings. The first-order valence-corrected chi connectivity index (χ1v) is 25.4. The summed E-state index contributed by atoms with van der Waals surface area (Å²) in [7, 11) is 0. The third-order valence-corrected chi connectivity index (χ3v) is 12.3. The quantitative estimate of drug-likeness (QED) is 0.0465. The summed E-state index contributed by atoms with van der Waals surface area (Å²) in [6, 6.07) is 0. The van der Waals surface area contributed by atoms with Gasteiger partial charge in [0.25, 0.3) is 5.82 Å². The average Bonchev–Trinajstić information content (AvgIpc) is 3.55. The molecule has 0 aliphatic rings. The Hall–Kier alpha value is -0.790. The van der Waals surface area contributed by atoms with E-state index >= 15 is 0 Å². The highest BCUT2D eigenvalue weighted by molar-refractivity contribution is 4.84. The van der Waals surface area contributed by atoms with Gasteiger partial charge in [0.05, 0.1) is 13.1 Å². The molecule has 314 valence electrons. The zero-order chi connectivity index (χ0) is 38.0. The smallest absolute Gasteiger partial charge is 0.234 e. The van der Waals surface area contributed by atoms with Crippen LogP contribution in [0, 0.1) is 0 Å². The number of aromatic nitrogens is 2. The summed E-state index contributed by atoms with van der Waals surface area (Å²) in [5.41, 5.74) is 0. The predicted molar refractivity (Wildman–Crippen MR) is 239 cm³/mol. The SMILES string of the molecule is CCCCCCCCCCCCCCCCCn1cc[n+](CCCCCCCCCCCCCCCCC)c1CCCCCCCCCCCCCC. The highest BCUT2D eigenvalue weighted by atomic mass is 15.1. The molecule has 0 saturated carbocycles. The van der Waals surface area contributed by atoms with Crippen LogP contribution in [0.5, 0.6) is 0 Å². The predicted octanol–water partition coefficient (Wildman–Crippen LogP) is 17.8. The molecule has 2 nitrogen and oxygen atoms in total. The van der Waals surface area contributed by atoms with E-state index in [9.17, 15) is 0 Å². The van der Waals surface area contributed by atoms with Crippen LogP contribution in [0.4, 0.5) is 0 Å². The van der Waals surface area contributed by atoms with Crippen LogP contribution in [-0.4, -0.2) is 4.57 Å². The van der Waals surface area contributed by atoms with Crippen molar-refractivity contribution >= 4 is 0 Å². The molecule has 1 heterocycles. The lowest BCUT2D eigenvalue weighted by Gasteiger charge is -2.07. The Morgan fingerprint density at radius 1 is 0.321 bits per heavy atom. The van der Waals surface area contributed by atoms with Gasteiger partial charge in [-0.3, -0.25) is 0 Å². The van der Waals surface area contributed by atoms with Crippen molar-refractivity contribution in [2.24, 2.45) is 0 Å². The minimum absolute atomic E-state index is 1.23. The van der Waals surface area contributed by atoms with Gasteiger partial charge < -0.3 is 0 Å². The topological polar surface area (TPSA) is 8.81 Å². The highest BCUT2D eigenvalue weighted by Gasteiger charge is 2.16. The molecule has 0 bridgehead atoms. The summed E-state index contributed by atoms with van der Waals surface area (Å²) < 4.78 is 5.32. The molecule has 1 rings (SSSR count). The minimum Gasteiger partial charge on any atom is -0.234 e. The van der Waals surface area contributed by atoms with Crippen LogP contribution in [0.2, 0.25) is 0 Å². The minimum atomic E-state index is 1.23. The Bertz CT molecular complexity index is 760. The van der Waals surface area contributed by atoms with Crippen LogP contribution in [0.1, 0.15) is 296 Å².